The fourth-order valence-corrected chi connectivity index (χ4v) is 18.0. The van der Waals surface area contributed by atoms with Gasteiger partial charge in [-0.1, -0.05) is 68.7 Å². The van der Waals surface area contributed by atoms with Gasteiger partial charge < -0.3 is 14.9 Å². The minimum Gasteiger partial charge on any atom is -0.393 e. The number of Topliss-reactive ketones (excluding diaryl/α,β-unsaturated/α-hetero) is 2. The van der Waals surface area contributed by atoms with Crippen molar-refractivity contribution in [2.24, 2.45) is 105 Å². The minimum atomic E-state index is -0.215. The number of carbonyl (C=O) groups is 2. The third kappa shape index (κ3) is 7.36. The summed E-state index contributed by atoms with van der Waals surface area (Å²) < 4.78 is 5.61. The van der Waals surface area contributed by atoms with Crippen LogP contribution in [0.1, 0.15) is 178 Å². The second-order valence-corrected chi connectivity index (χ2v) is 22.8. The first-order valence-electron chi connectivity index (χ1n) is 24.4. The van der Waals surface area contributed by atoms with Gasteiger partial charge in [-0.05, 0) is 184 Å². The van der Waals surface area contributed by atoms with E-state index in [1.165, 1.54) is 44.9 Å². The van der Waals surface area contributed by atoms with Crippen molar-refractivity contribution in [3.63, 3.8) is 0 Å². The Morgan fingerprint density at radius 3 is 1.57 bits per heavy atom. The Labute approximate surface area is 371 Å². The summed E-state index contributed by atoms with van der Waals surface area (Å²) in [4.78, 5) is 27.8. The molecule has 0 unspecified atom stereocenters. The summed E-state index contributed by atoms with van der Waals surface area (Å²) in [5.41, 5.74) is 1.08. The molecule has 0 radical (unpaired) electrons. The molecule has 0 spiro atoms. The summed E-state index contributed by atoms with van der Waals surface area (Å²) in [6.07, 6.45) is 19.6. The van der Waals surface area contributed by atoms with E-state index in [-0.39, 0.29) is 77.0 Å². The molecule has 0 heterocycles. The molecule has 0 saturated heterocycles. The summed E-state index contributed by atoms with van der Waals surface area (Å²) in [6.45, 7) is 21.2. The highest BCUT2D eigenvalue weighted by atomic mass is 127. The molecule has 2 N–H and O–H groups in total. The van der Waals surface area contributed by atoms with Crippen LogP contribution in [0.3, 0.4) is 0 Å². The monoisotopic (exact) mass is 918 g/mol. The van der Waals surface area contributed by atoms with Crippen molar-refractivity contribution in [1.29, 1.82) is 5.26 Å². The largest absolute Gasteiger partial charge is 0.393 e. The number of aliphatic hydroxyl groups is 2. The minimum absolute atomic E-state index is 0. The maximum absolute atomic E-state index is 14.0. The molecular formula is C51H84INO5. The zero-order valence-corrected chi connectivity index (χ0v) is 40.5. The van der Waals surface area contributed by atoms with E-state index < -0.39 is 0 Å². The Morgan fingerprint density at radius 1 is 0.655 bits per heavy atom. The van der Waals surface area contributed by atoms with Crippen LogP contribution in [0.5, 0.6) is 0 Å². The van der Waals surface area contributed by atoms with Gasteiger partial charge in [0.05, 0.1) is 18.3 Å². The molecule has 0 amide bonds. The molecule has 0 aliphatic heterocycles. The van der Waals surface area contributed by atoms with Crippen molar-refractivity contribution in [3.05, 3.63) is 0 Å². The van der Waals surface area contributed by atoms with E-state index in [1.54, 1.807) is 0 Å². The van der Waals surface area contributed by atoms with E-state index in [4.69, 9.17) is 4.74 Å². The second-order valence-electron chi connectivity index (χ2n) is 22.8. The molecule has 0 bridgehead atoms. The average Bonchev–Trinajstić information content (AvgIpc) is 3.73. The summed E-state index contributed by atoms with van der Waals surface area (Å²) in [7, 11) is 0. The SMILES string of the molecule is CC[C@@H](C)[C@H]1CC[C@H]2[C@@H]3C(=O)[C@H](CC)[C@@H]4C[C@H](O)CC[C@]4(C)[C@H]3CC[C@]12C.CC[C@H]1C(=O)[C@@H]2[C@H](CC[C@]3(C)[C@@H]([C@H](C)CC#N)CC[C@@H]23)[C@@]2(C)CC[C@@H](OCO)C[C@@H]12.I. The number of ether oxygens (including phenoxy) is 1. The van der Waals surface area contributed by atoms with Crippen molar-refractivity contribution < 1.29 is 24.5 Å². The van der Waals surface area contributed by atoms with Crippen molar-refractivity contribution in [1.82, 2.24) is 0 Å². The summed E-state index contributed by atoms with van der Waals surface area (Å²) in [6, 6.07) is 2.40. The maximum Gasteiger partial charge on any atom is 0.143 e. The number of hydrogen-bond acceptors (Lipinski definition) is 6. The van der Waals surface area contributed by atoms with E-state index in [0.717, 1.165) is 76.0 Å². The summed E-state index contributed by atoms with van der Waals surface area (Å²) >= 11 is 0. The van der Waals surface area contributed by atoms with Gasteiger partial charge in [-0.2, -0.15) is 5.26 Å². The molecule has 8 fully saturated rings. The first-order chi connectivity index (χ1) is 27.1. The Bertz CT molecular complexity index is 1510. The van der Waals surface area contributed by atoms with Crippen LogP contribution in [-0.2, 0) is 14.3 Å². The number of halogens is 1. The average molecular weight is 918 g/mol. The molecule has 8 saturated carbocycles. The van der Waals surface area contributed by atoms with Gasteiger partial charge >= 0.3 is 0 Å². The predicted octanol–water partition coefficient (Wildman–Crippen LogP) is 11.8. The number of fused-ring (bicyclic) bond motifs is 10. The Balaban J connectivity index is 0.000000193. The lowest BCUT2D eigenvalue weighted by Gasteiger charge is -2.62. The number of carbonyl (C=O) groups excluding carboxylic acids is 2. The molecule has 8 aliphatic carbocycles. The van der Waals surface area contributed by atoms with Crippen molar-refractivity contribution in [2.45, 2.75) is 190 Å². The first kappa shape index (κ1) is 46.9. The second kappa shape index (κ2) is 17.9. The Morgan fingerprint density at radius 2 is 1.10 bits per heavy atom. The molecule has 7 heteroatoms. The van der Waals surface area contributed by atoms with Crippen molar-refractivity contribution in [2.75, 3.05) is 6.79 Å². The van der Waals surface area contributed by atoms with Gasteiger partial charge in [-0.15, -0.1) is 24.0 Å². The lowest BCUT2D eigenvalue weighted by atomic mass is 9.42. The van der Waals surface area contributed by atoms with Crippen LogP contribution in [0.4, 0.5) is 0 Å². The fraction of sp³-hybridized carbons (Fsp3) is 0.941. The number of ketones is 2. The highest BCUT2D eigenvalue weighted by Crippen LogP contribution is 2.70. The molecule has 6 nitrogen and oxygen atoms in total. The number of nitriles is 1. The maximum atomic E-state index is 14.0. The highest BCUT2D eigenvalue weighted by molar-refractivity contribution is 14.0. The fourth-order valence-electron chi connectivity index (χ4n) is 18.0. The third-order valence-electron chi connectivity index (χ3n) is 21.1. The van der Waals surface area contributed by atoms with E-state index in [9.17, 15) is 25.1 Å². The molecule has 0 aromatic carbocycles. The van der Waals surface area contributed by atoms with Gasteiger partial charge in [-0.3, -0.25) is 9.59 Å². The van der Waals surface area contributed by atoms with Gasteiger partial charge in [0.25, 0.3) is 0 Å². The lowest BCUT2D eigenvalue weighted by molar-refractivity contribution is -0.179. The molecular weight excluding hydrogens is 833 g/mol. The molecule has 330 valence electrons. The van der Waals surface area contributed by atoms with Crippen LogP contribution in [-0.4, -0.2) is 40.8 Å². The smallest absolute Gasteiger partial charge is 0.143 e. The molecule has 0 aromatic heterocycles. The van der Waals surface area contributed by atoms with Crippen LogP contribution in [0.25, 0.3) is 0 Å². The normalized spacial score (nSPS) is 50.2. The summed E-state index contributed by atoms with van der Waals surface area (Å²) in [5, 5.41) is 28.9. The Kier molecular flexibility index (Phi) is 14.5. The van der Waals surface area contributed by atoms with E-state index in [1.807, 2.05) is 0 Å². The highest BCUT2D eigenvalue weighted by Gasteiger charge is 2.67. The van der Waals surface area contributed by atoms with Crippen LogP contribution >= 0.6 is 24.0 Å². The topological polar surface area (TPSA) is 108 Å². The standard InChI is InChI=1S/C26H41NO3.C25H42O2.HI/c1-5-18-22-14-17(30-15-28)8-11-26(22,4)21-9-12-25(3)19(16(2)10-13-27)6-7-20(25)23(21)24(18)29;1-6-15(3)18-8-9-19-22-20(11-13-24(18,19)4)25(5)12-10-16(26)14-21(25)17(7-2)23(22)27;/h16-23,28H,5-12,14-15H2,1-4H3;15-22,26H,6-14H2,1-5H3;1H/t16-,17-,18-,19-,20+,21+,22+,23+,25-,26-;15-,16-,17-,18-,19+,20+,21+,22+,24-,25-;/m11./s1. The molecule has 8 rings (SSSR count). The number of hydrogen-bond donors (Lipinski definition) is 2. The predicted molar refractivity (Wildman–Crippen MR) is 242 cm³/mol. The number of aliphatic hydroxyl groups excluding tert-OH is 2. The quantitative estimate of drug-likeness (QED) is 0.185. The van der Waals surface area contributed by atoms with Gasteiger partial charge in [-0.25, -0.2) is 0 Å². The van der Waals surface area contributed by atoms with Crippen molar-refractivity contribution >= 4 is 35.5 Å². The third-order valence-corrected chi connectivity index (χ3v) is 21.1. The van der Waals surface area contributed by atoms with Crippen LogP contribution in [0, 0.1) is 116 Å². The van der Waals surface area contributed by atoms with Gasteiger partial charge in [0.2, 0.25) is 0 Å². The Hall–Kier alpha value is -0.560. The van der Waals surface area contributed by atoms with Gasteiger partial charge in [0.1, 0.15) is 18.4 Å². The molecule has 8 aliphatic rings. The van der Waals surface area contributed by atoms with Crippen LogP contribution < -0.4 is 0 Å². The molecule has 58 heavy (non-hydrogen) atoms. The van der Waals surface area contributed by atoms with Crippen molar-refractivity contribution in [3.8, 4) is 6.07 Å². The zero-order valence-electron chi connectivity index (χ0n) is 38.1. The van der Waals surface area contributed by atoms with Crippen LogP contribution in [0.2, 0.25) is 0 Å². The van der Waals surface area contributed by atoms with E-state index >= 15 is 0 Å². The van der Waals surface area contributed by atoms with E-state index in [0.29, 0.717) is 76.7 Å². The van der Waals surface area contributed by atoms with Gasteiger partial charge in [0.15, 0.2) is 0 Å². The van der Waals surface area contributed by atoms with Gasteiger partial charge in [0, 0.05) is 30.1 Å². The van der Waals surface area contributed by atoms with E-state index in [2.05, 4.69) is 68.4 Å². The number of rotatable bonds is 8. The molecule has 0 aromatic rings. The molecule has 20 atom stereocenters. The summed E-state index contributed by atoms with van der Waals surface area (Å²) in [5.74, 6) is 7.55. The van der Waals surface area contributed by atoms with Crippen LogP contribution in [0.15, 0.2) is 0 Å². The first-order valence-corrected chi connectivity index (χ1v) is 24.4. The lowest BCUT2D eigenvalue weighted by Crippen LogP contribution is -2.60. The zero-order chi connectivity index (χ0) is 41.2. The number of nitrogens with zero attached hydrogens (tertiary/aromatic N) is 1.